The minimum Gasteiger partial charge on any atom is -0.310 e. The third-order valence-corrected chi connectivity index (χ3v) is 6.20. The maximum atomic E-state index is 12.6. The summed E-state index contributed by atoms with van der Waals surface area (Å²) in [4.78, 5) is 0.149. The average Bonchev–Trinajstić information content (AvgIpc) is 2.91. The normalized spacial score (nSPS) is 16.8. The fraction of sp³-hybridized carbons (Fsp3) is 0.571. The van der Waals surface area contributed by atoms with Gasteiger partial charge in [-0.2, -0.15) is 4.31 Å². The lowest BCUT2D eigenvalue weighted by Gasteiger charge is -2.18. The Hall–Kier alpha value is -0.330. The highest BCUT2D eigenvalue weighted by molar-refractivity contribution is 7.89. The van der Waals surface area contributed by atoms with Gasteiger partial charge in [-0.15, -0.1) is 0 Å². The van der Waals surface area contributed by atoms with Crippen molar-refractivity contribution >= 4 is 33.2 Å². The lowest BCUT2D eigenvalue weighted by atomic mass is 10.2. The molecule has 0 aromatic heterocycles. The smallest absolute Gasteiger partial charge is 0.244 e. The highest BCUT2D eigenvalue weighted by atomic mass is 35.5. The molecule has 7 heteroatoms. The lowest BCUT2D eigenvalue weighted by molar-refractivity contribution is 0.477. The van der Waals surface area contributed by atoms with Crippen LogP contribution in [-0.2, 0) is 16.6 Å². The van der Waals surface area contributed by atoms with E-state index in [1.165, 1.54) is 10.4 Å². The van der Waals surface area contributed by atoms with E-state index in [0.29, 0.717) is 24.7 Å². The summed E-state index contributed by atoms with van der Waals surface area (Å²) in [5.41, 5.74) is 0.743. The summed E-state index contributed by atoms with van der Waals surface area (Å²) < 4.78 is 26.8. The molecule has 1 aliphatic rings. The zero-order valence-electron chi connectivity index (χ0n) is 12.2. The van der Waals surface area contributed by atoms with Crippen molar-refractivity contribution in [3.8, 4) is 0 Å². The zero-order valence-corrected chi connectivity index (χ0v) is 14.5. The Kier molecular flexibility index (Phi) is 5.54. The molecule has 1 N–H and O–H groups in total. The predicted molar refractivity (Wildman–Crippen MR) is 86.4 cm³/mol. The Bertz CT molecular complexity index is 612. The Labute approximate surface area is 136 Å². The van der Waals surface area contributed by atoms with Crippen LogP contribution in [0.4, 0.5) is 0 Å². The van der Waals surface area contributed by atoms with E-state index < -0.39 is 10.0 Å². The largest absolute Gasteiger partial charge is 0.310 e. The third kappa shape index (κ3) is 3.90. The van der Waals surface area contributed by atoms with E-state index in [1.54, 1.807) is 6.07 Å². The second-order valence-corrected chi connectivity index (χ2v) is 8.24. The molecule has 0 atom stereocenters. The number of sulfonamides is 1. The van der Waals surface area contributed by atoms with Crippen molar-refractivity contribution in [2.75, 3.05) is 13.1 Å². The van der Waals surface area contributed by atoms with Crippen LogP contribution in [0, 0.1) is 0 Å². The lowest BCUT2D eigenvalue weighted by Crippen LogP contribution is -2.28. The van der Waals surface area contributed by atoms with E-state index in [9.17, 15) is 8.42 Å². The molecule has 0 unspecified atom stereocenters. The van der Waals surface area contributed by atoms with E-state index >= 15 is 0 Å². The van der Waals surface area contributed by atoms with Crippen molar-refractivity contribution in [3.63, 3.8) is 0 Å². The van der Waals surface area contributed by atoms with Crippen LogP contribution in [0.1, 0.15) is 32.3 Å². The molecular weight excluding hydrogens is 331 g/mol. The number of benzene rings is 1. The quantitative estimate of drug-likeness (QED) is 0.886. The van der Waals surface area contributed by atoms with Gasteiger partial charge in [0.1, 0.15) is 4.90 Å². The van der Waals surface area contributed by atoms with Crippen molar-refractivity contribution in [1.82, 2.24) is 9.62 Å². The van der Waals surface area contributed by atoms with Gasteiger partial charge in [-0.05, 0) is 30.5 Å². The zero-order chi connectivity index (χ0) is 15.6. The summed E-state index contributed by atoms with van der Waals surface area (Å²) in [6.45, 7) is 5.66. The van der Waals surface area contributed by atoms with Gasteiger partial charge in [0.2, 0.25) is 10.0 Å². The van der Waals surface area contributed by atoms with Crippen molar-refractivity contribution in [2.45, 2.75) is 44.2 Å². The van der Waals surface area contributed by atoms with Crippen LogP contribution < -0.4 is 5.32 Å². The van der Waals surface area contributed by atoms with E-state index in [-0.39, 0.29) is 16.0 Å². The highest BCUT2D eigenvalue weighted by Gasteiger charge is 2.29. The van der Waals surface area contributed by atoms with Gasteiger partial charge in [0.05, 0.1) is 5.02 Å². The fourth-order valence-electron chi connectivity index (χ4n) is 2.29. The number of nitrogens with one attached hydrogen (secondary N) is 1. The molecule has 0 bridgehead atoms. The van der Waals surface area contributed by atoms with Crippen LogP contribution in [0.25, 0.3) is 0 Å². The second-order valence-electron chi connectivity index (χ2n) is 5.52. The monoisotopic (exact) mass is 350 g/mol. The van der Waals surface area contributed by atoms with Crippen molar-refractivity contribution in [3.05, 3.63) is 27.7 Å². The maximum absolute atomic E-state index is 12.6. The number of rotatable bonds is 5. The summed E-state index contributed by atoms with van der Waals surface area (Å²) in [5, 5.41) is 3.90. The highest BCUT2D eigenvalue weighted by Crippen LogP contribution is 2.31. The molecular formula is C14H20Cl2N2O2S. The van der Waals surface area contributed by atoms with Crippen LogP contribution >= 0.6 is 23.2 Å². The van der Waals surface area contributed by atoms with E-state index in [0.717, 1.165) is 18.4 Å². The molecule has 0 saturated carbocycles. The minimum atomic E-state index is -3.53. The first-order valence-corrected chi connectivity index (χ1v) is 9.23. The molecule has 1 heterocycles. The molecule has 118 valence electrons. The Morgan fingerprint density at radius 3 is 2.38 bits per heavy atom. The molecule has 1 aliphatic heterocycles. The molecule has 2 rings (SSSR count). The first-order valence-electron chi connectivity index (χ1n) is 7.04. The van der Waals surface area contributed by atoms with E-state index in [1.807, 2.05) is 13.8 Å². The predicted octanol–water partition coefficient (Wildman–Crippen LogP) is 3.28. The molecule has 0 amide bonds. The van der Waals surface area contributed by atoms with E-state index in [2.05, 4.69) is 5.32 Å². The van der Waals surface area contributed by atoms with Gasteiger partial charge in [0.25, 0.3) is 0 Å². The molecule has 1 aromatic rings. The van der Waals surface area contributed by atoms with Crippen molar-refractivity contribution in [1.29, 1.82) is 0 Å². The van der Waals surface area contributed by atoms with E-state index in [4.69, 9.17) is 23.2 Å². The summed E-state index contributed by atoms with van der Waals surface area (Å²) >= 11 is 12.3. The SMILES string of the molecule is CC(C)NCc1cc(S(=O)(=O)N2CCCC2)c(Cl)cc1Cl. The van der Waals surface area contributed by atoms with Gasteiger partial charge in [0.15, 0.2) is 0 Å². The molecule has 4 nitrogen and oxygen atoms in total. The minimum absolute atomic E-state index is 0.149. The summed E-state index contributed by atoms with van der Waals surface area (Å²) in [7, 11) is -3.53. The first-order chi connectivity index (χ1) is 9.82. The topological polar surface area (TPSA) is 49.4 Å². The molecule has 21 heavy (non-hydrogen) atoms. The Morgan fingerprint density at radius 1 is 1.19 bits per heavy atom. The van der Waals surface area contributed by atoms with Crippen molar-refractivity contribution in [2.24, 2.45) is 0 Å². The van der Waals surface area contributed by atoms with Crippen LogP contribution in [-0.4, -0.2) is 31.9 Å². The van der Waals surface area contributed by atoms with Gasteiger partial charge in [-0.25, -0.2) is 8.42 Å². The average molecular weight is 351 g/mol. The van der Waals surface area contributed by atoms with Crippen LogP contribution in [0.3, 0.4) is 0 Å². The van der Waals surface area contributed by atoms with Crippen LogP contribution in [0.5, 0.6) is 0 Å². The van der Waals surface area contributed by atoms with Gasteiger partial charge in [-0.3, -0.25) is 0 Å². The number of nitrogens with zero attached hydrogens (tertiary/aromatic N) is 1. The first kappa shape index (κ1) is 17.0. The molecule has 1 aromatic carbocycles. The summed E-state index contributed by atoms with van der Waals surface area (Å²) in [6, 6.07) is 3.40. The molecule has 0 spiro atoms. The maximum Gasteiger partial charge on any atom is 0.244 e. The molecule has 1 fully saturated rings. The van der Waals surface area contributed by atoms with Crippen LogP contribution in [0.15, 0.2) is 17.0 Å². The van der Waals surface area contributed by atoms with Crippen LogP contribution in [0.2, 0.25) is 10.0 Å². The van der Waals surface area contributed by atoms with Gasteiger partial charge < -0.3 is 5.32 Å². The molecule has 0 radical (unpaired) electrons. The van der Waals surface area contributed by atoms with Gasteiger partial charge >= 0.3 is 0 Å². The second kappa shape index (κ2) is 6.84. The number of hydrogen-bond acceptors (Lipinski definition) is 3. The Morgan fingerprint density at radius 2 is 1.81 bits per heavy atom. The van der Waals surface area contributed by atoms with Gasteiger partial charge in [-0.1, -0.05) is 37.0 Å². The summed E-state index contributed by atoms with van der Waals surface area (Å²) in [6.07, 6.45) is 1.79. The van der Waals surface area contributed by atoms with Crippen molar-refractivity contribution < 1.29 is 8.42 Å². The number of halogens is 2. The Balaban J connectivity index is 2.36. The molecule has 0 aliphatic carbocycles. The number of hydrogen-bond donors (Lipinski definition) is 1. The third-order valence-electron chi connectivity index (χ3n) is 3.48. The fourth-order valence-corrected chi connectivity index (χ4v) is 4.64. The standard InChI is InChI=1S/C14H20Cl2N2O2S/c1-10(2)17-9-11-7-14(13(16)8-12(11)15)21(19,20)18-5-3-4-6-18/h7-8,10,17H,3-6,9H2,1-2H3. The van der Waals surface area contributed by atoms with Gasteiger partial charge in [0, 0.05) is 30.7 Å². The summed E-state index contributed by atoms with van der Waals surface area (Å²) in [5.74, 6) is 0. The molecule has 1 saturated heterocycles.